The highest BCUT2D eigenvalue weighted by Crippen LogP contribution is 2.19. The van der Waals surface area contributed by atoms with Gasteiger partial charge in [0.25, 0.3) is 0 Å². The summed E-state index contributed by atoms with van der Waals surface area (Å²) in [6.07, 6.45) is 1.77. The molecule has 0 aliphatic rings. The van der Waals surface area contributed by atoms with Crippen LogP contribution in [0.3, 0.4) is 0 Å². The van der Waals surface area contributed by atoms with E-state index in [2.05, 4.69) is 10.2 Å². The van der Waals surface area contributed by atoms with Crippen LogP contribution in [0, 0.1) is 6.92 Å². The Hall–Kier alpha value is -1.48. The van der Waals surface area contributed by atoms with E-state index >= 15 is 0 Å². The lowest BCUT2D eigenvalue weighted by molar-refractivity contribution is 0.992. The average Bonchev–Trinajstić information content (AvgIpc) is 2.17. The van der Waals surface area contributed by atoms with Crippen molar-refractivity contribution in [1.82, 2.24) is 10.2 Å². The van der Waals surface area contributed by atoms with E-state index in [1.165, 1.54) is 0 Å². The van der Waals surface area contributed by atoms with Crippen LogP contribution in [0.4, 0.5) is 0 Å². The van der Waals surface area contributed by atoms with Gasteiger partial charge < -0.3 is 5.73 Å². The van der Waals surface area contributed by atoms with Crippen LogP contribution in [0.15, 0.2) is 24.4 Å². The van der Waals surface area contributed by atoms with Crippen molar-refractivity contribution >= 4 is 10.8 Å². The van der Waals surface area contributed by atoms with Crippen molar-refractivity contribution in [2.45, 2.75) is 13.5 Å². The fourth-order valence-electron chi connectivity index (χ4n) is 1.57. The second kappa shape index (κ2) is 3.11. The molecule has 3 nitrogen and oxygen atoms in total. The molecule has 0 amide bonds. The van der Waals surface area contributed by atoms with Crippen molar-refractivity contribution in [3.05, 3.63) is 35.7 Å². The molecular weight excluding hydrogens is 162 g/mol. The van der Waals surface area contributed by atoms with Crippen molar-refractivity contribution in [2.75, 3.05) is 0 Å². The molecule has 66 valence electrons. The van der Waals surface area contributed by atoms with Crippen LogP contribution < -0.4 is 5.73 Å². The minimum absolute atomic E-state index is 0.546. The number of aromatic nitrogens is 2. The number of rotatable bonds is 1. The molecule has 0 radical (unpaired) electrons. The third-order valence-corrected chi connectivity index (χ3v) is 2.17. The molecule has 1 aromatic carbocycles. The Morgan fingerprint density at radius 3 is 3.00 bits per heavy atom. The Morgan fingerprint density at radius 1 is 1.38 bits per heavy atom. The van der Waals surface area contributed by atoms with Crippen molar-refractivity contribution in [1.29, 1.82) is 0 Å². The quantitative estimate of drug-likeness (QED) is 0.709. The average molecular weight is 173 g/mol. The van der Waals surface area contributed by atoms with E-state index in [1.807, 2.05) is 25.1 Å². The van der Waals surface area contributed by atoms with Crippen LogP contribution in [0.2, 0.25) is 0 Å². The van der Waals surface area contributed by atoms with Crippen LogP contribution in [0.25, 0.3) is 10.8 Å². The summed E-state index contributed by atoms with van der Waals surface area (Å²) in [5, 5.41) is 10.2. The molecular formula is C10H11N3. The second-order valence-corrected chi connectivity index (χ2v) is 3.02. The zero-order valence-electron chi connectivity index (χ0n) is 7.49. The van der Waals surface area contributed by atoms with Gasteiger partial charge in [-0.2, -0.15) is 10.2 Å². The third-order valence-electron chi connectivity index (χ3n) is 2.17. The van der Waals surface area contributed by atoms with Gasteiger partial charge in [-0.25, -0.2) is 0 Å². The maximum absolute atomic E-state index is 5.64. The van der Waals surface area contributed by atoms with Gasteiger partial charge in [0.2, 0.25) is 0 Å². The van der Waals surface area contributed by atoms with Gasteiger partial charge in [-0.3, -0.25) is 0 Å². The van der Waals surface area contributed by atoms with E-state index < -0.39 is 0 Å². The zero-order chi connectivity index (χ0) is 9.26. The molecule has 2 aromatic rings. The number of aryl methyl sites for hydroxylation is 1. The van der Waals surface area contributed by atoms with Gasteiger partial charge in [-0.1, -0.05) is 18.2 Å². The molecule has 0 spiro atoms. The lowest BCUT2D eigenvalue weighted by Crippen LogP contribution is -1.99. The molecule has 0 unspecified atom stereocenters. The highest BCUT2D eigenvalue weighted by atomic mass is 15.1. The fourth-order valence-corrected chi connectivity index (χ4v) is 1.57. The highest BCUT2D eigenvalue weighted by molar-refractivity contribution is 5.86. The van der Waals surface area contributed by atoms with Gasteiger partial charge in [0.1, 0.15) is 0 Å². The number of nitrogens with two attached hydrogens (primary N) is 1. The molecule has 13 heavy (non-hydrogen) atoms. The molecule has 1 aromatic heterocycles. The summed E-state index contributed by atoms with van der Waals surface area (Å²) in [7, 11) is 0. The van der Waals surface area contributed by atoms with Gasteiger partial charge >= 0.3 is 0 Å². The second-order valence-electron chi connectivity index (χ2n) is 3.02. The number of hydrogen-bond acceptors (Lipinski definition) is 3. The van der Waals surface area contributed by atoms with Crippen molar-refractivity contribution in [3.63, 3.8) is 0 Å². The van der Waals surface area contributed by atoms with Gasteiger partial charge in [0.15, 0.2) is 0 Å². The molecule has 0 bridgehead atoms. The summed E-state index contributed by atoms with van der Waals surface area (Å²) >= 11 is 0. The topological polar surface area (TPSA) is 51.8 Å². The third kappa shape index (κ3) is 1.27. The molecule has 0 atom stereocenters. The van der Waals surface area contributed by atoms with Crippen LogP contribution >= 0.6 is 0 Å². The van der Waals surface area contributed by atoms with Crippen molar-refractivity contribution in [2.24, 2.45) is 5.73 Å². The van der Waals surface area contributed by atoms with E-state index in [1.54, 1.807) is 6.20 Å². The Balaban J connectivity index is 2.87. The number of fused-ring (bicyclic) bond motifs is 1. The van der Waals surface area contributed by atoms with E-state index in [-0.39, 0.29) is 0 Å². The first-order valence-corrected chi connectivity index (χ1v) is 4.23. The maximum atomic E-state index is 5.64. The Labute approximate surface area is 76.6 Å². The molecule has 0 aliphatic carbocycles. The minimum Gasteiger partial charge on any atom is -0.326 e. The van der Waals surface area contributed by atoms with Gasteiger partial charge in [-0.05, 0) is 12.5 Å². The predicted molar refractivity (Wildman–Crippen MR) is 52.2 cm³/mol. The van der Waals surface area contributed by atoms with Crippen LogP contribution in [-0.2, 0) is 6.54 Å². The Morgan fingerprint density at radius 2 is 2.23 bits per heavy atom. The van der Waals surface area contributed by atoms with Crippen molar-refractivity contribution in [3.8, 4) is 0 Å². The normalized spacial score (nSPS) is 10.6. The number of hydrogen-bond donors (Lipinski definition) is 1. The minimum atomic E-state index is 0.546. The standard InChI is InChI=1S/C10H11N3/c1-7-10-8(5-11)3-2-4-9(10)6-12-13-7/h2-4,6H,5,11H2,1H3. The molecule has 0 aliphatic heterocycles. The first kappa shape index (κ1) is 8.13. The van der Waals surface area contributed by atoms with E-state index in [0.29, 0.717) is 6.54 Å². The fraction of sp³-hybridized carbons (Fsp3) is 0.200. The molecule has 3 heteroatoms. The molecule has 0 fully saturated rings. The van der Waals surface area contributed by atoms with Crippen LogP contribution in [0.5, 0.6) is 0 Å². The number of benzene rings is 1. The summed E-state index contributed by atoms with van der Waals surface area (Å²) in [5.74, 6) is 0. The first-order chi connectivity index (χ1) is 6.33. The Kier molecular flexibility index (Phi) is 1.94. The predicted octanol–water partition coefficient (Wildman–Crippen LogP) is 1.40. The summed E-state index contributed by atoms with van der Waals surface area (Å²) in [5.41, 5.74) is 7.71. The van der Waals surface area contributed by atoms with Crippen LogP contribution in [-0.4, -0.2) is 10.2 Å². The van der Waals surface area contributed by atoms with Gasteiger partial charge in [0.05, 0.1) is 11.9 Å². The maximum Gasteiger partial charge on any atom is 0.0681 e. The molecule has 2 rings (SSSR count). The first-order valence-electron chi connectivity index (χ1n) is 4.23. The van der Waals surface area contributed by atoms with E-state index in [4.69, 9.17) is 5.73 Å². The lowest BCUT2D eigenvalue weighted by Gasteiger charge is -2.04. The summed E-state index contributed by atoms with van der Waals surface area (Å²) in [4.78, 5) is 0. The highest BCUT2D eigenvalue weighted by Gasteiger charge is 2.02. The monoisotopic (exact) mass is 173 g/mol. The molecule has 0 saturated heterocycles. The summed E-state index contributed by atoms with van der Waals surface area (Å²) in [6.45, 7) is 2.50. The SMILES string of the molecule is Cc1nncc2cccc(CN)c12. The van der Waals surface area contributed by atoms with E-state index in [0.717, 1.165) is 22.0 Å². The largest absolute Gasteiger partial charge is 0.326 e. The summed E-state index contributed by atoms with van der Waals surface area (Å²) < 4.78 is 0. The lowest BCUT2D eigenvalue weighted by atomic mass is 10.1. The zero-order valence-corrected chi connectivity index (χ0v) is 7.49. The number of nitrogens with zero attached hydrogens (tertiary/aromatic N) is 2. The van der Waals surface area contributed by atoms with E-state index in [9.17, 15) is 0 Å². The van der Waals surface area contributed by atoms with Crippen LogP contribution in [0.1, 0.15) is 11.3 Å². The molecule has 2 N–H and O–H groups in total. The molecule has 0 saturated carbocycles. The van der Waals surface area contributed by atoms with Gasteiger partial charge in [-0.15, -0.1) is 0 Å². The van der Waals surface area contributed by atoms with Gasteiger partial charge in [0, 0.05) is 17.3 Å². The summed E-state index contributed by atoms with van der Waals surface area (Å²) in [6, 6.07) is 6.04. The smallest absolute Gasteiger partial charge is 0.0681 e. The molecule has 1 heterocycles. The Bertz CT molecular complexity index is 432. The van der Waals surface area contributed by atoms with Crippen molar-refractivity contribution < 1.29 is 0 Å².